The van der Waals surface area contributed by atoms with Crippen LogP contribution >= 0.6 is 12.4 Å². The van der Waals surface area contributed by atoms with Crippen LogP contribution in [0.3, 0.4) is 0 Å². The van der Waals surface area contributed by atoms with Gasteiger partial charge in [-0.05, 0) is 45.2 Å². The van der Waals surface area contributed by atoms with E-state index >= 15 is 0 Å². The number of likely N-dealkylation sites (N-methyl/N-ethyl adjacent to an activating group) is 1. The molecule has 2 saturated heterocycles. The Morgan fingerprint density at radius 1 is 1.42 bits per heavy atom. The molecule has 2 heterocycles. The van der Waals surface area contributed by atoms with Crippen molar-refractivity contribution < 1.29 is 14.3 Å². The SMILES string of the molecule is CCOC(=O)C1CCCN(C(=O)CN(C)CC2(C)CCNC2)C1.Cl. The number of amides is 1. The predicted octanol–water partition coefficient (Wildman–Crippen LogP) is 1.14. The number of likely N-dealkylation sites (tertiary alicyclic amines) is 1. The van der Waals surface area contributed by atoms with Crippen LogP contribution in [0.5, 0.6) is 0 Å². The number of nitrogens with zero attached hydrogens (tertiary/aromatic N) is 2. The second-order valence-corrected chi connectivity index (χ2v) is 7.34. The maximum absolute atomic E-state index is 12.5. The zero-order chi connectivity index (χ0) is 16.9. The highest BCUT2D eigenvalue weighted by atomic mass is 35.5. The van der Waals surface area contributed by atoms with Crippen molar-refractivity contribution in [2.45, 2.75) is 33.1 Å². The summed E-state index contributed by atoms with van der Waals surface area (Å²) in [6.07, 6.45) is 2.85. The Morgan fingerprint density at radius 2 is 2.17 bits per heavy atom. The van der Waals surface area contributed by atoms with E-state index < -0.39 is 0 Å². The van der Waals surface area contributed by atoms with Crippen LogP contribution in [0, 0.1) is 11.3 Å². The molecule has 1 amide bonds. The van der Waals surface area contributed by atoms with Gasteiger partial charge in [0, 0.05) is 26.2 Å². The number of halogens is 1. The predicted molar refractivity (Wildman–Crippen MR) is 96.3 cm³/mol. The van der Waals surface area contributed by atoms with Gasteiger partial charge in [0.1, 0.15) is 0 Å². The second kappa shape index (κ2) is 9.59. The van der Waals surface area contributed by atoms with E-state index in [4.69, 9.17) is 4.74 Å². The van der Waals surface area contributed by atoms with Crippen LogP contribution in [-0.4, -0.2) is 74.6 Å². The van der Waals surface area contributed by atoms with E-state index in [1.165, 1.54) is 0 Å². The number of hydrogen-bond donors (Lipinski definition) is 1. The molecular formula is C17H32ClN3O3. The van der Waals surface area contributed by atoms with E-state index in [1.807, 2.05) is 18.9 Å². The number of nitrogens with one attached hydrogen (secondary N) is 1. The lowest BCUT2D eigenvalue weighted by atomic mass is 9.89. The third-order valence-corrected chi connectivity index (χ3v) is 4.91. The van der Waals surface area contributed by atoms with Gasteiger partial charge in [-0.2, -0.15) is 0 Å². The fraction of sp³-hybridized carbons (Fsp3) is 0.882. The molecule has 0 aromatic rings. The Morgan fingerprint density at radius 3 is 2.79 bits per heavy atom. The third-order valence-electron chi connectivity index (χ3n) is 4.91. The van der Waals surface area contributed by atoms with Crippen LogP contribution in [-0.2, 0) is 14.3 Å². The zero-order valence-corrected chi connectivity index (χ0v) is 16.0. The summed E-state index contributed by atoms with van der Waals surface area (Å²) in [7, 11) is 2.01. The van der Waals surface area contributed by atoms with Crippen molar-refractivity contribution in [3.05, 3.63) is 0 Å². The molecule has 2 atom stereocenters. The van der Waals surface area contributed by atoms with E-state index in [2.05, 4.69) is 17.1 Å². The van der Waals surface area contributed by atoms with Crippen molar-refractivity contribution in [2.24, 2.45) is 11.3 Å². The molecule has 0 spiro atoms. The number of rotatable bonds is 6. The monoisotopic (exact) mass is 361 g/mol. The summed E-state index contributed by atoms with van der Waals surface area (Å²) in [5, 5.41) is 3.39. The zero-order valence-electron chi connectivity index (χ0n) is 15.2. The Balaban J connectivity index is 0.00000288. The van der Waals surface area contributed by atoms with Gasteiger partial charge in [-0.15, -0.1) is 12.4 Å². The Hall–Kier alpha value is -0.850. The smallest absolute Gasteiger partial charge is 0.310 e. The summed E-state index contributed by atoms with van der Waals surface area (Å²) >= 11 is 0. The molecule has 2 aliphatic heterocycles. The molecule has 140 valence electrons. The van der Waals surface area contributed by atoms with E-state index in [9.17, 15) is 9.59 Å². The highest BCUT2D eigenvalue weighted by molar-refractivity contribution is 5.85. The molecular weight excluding hydrogens is 330 g/mol. The first-order chi connectivity index (χ1) is 10.9. The molecule has 24 heavy (non-hydrogen) atoms. The largest absolute Gasteiger partial charge is 0.466 e. The maximum atomic E-state index is 12.5. The maximum Gasteiger partial charge on any atom is 0.310 e. The number of esters is 1. The van der Waals surface area contributed by atoms with Crippen molar-refractivity contribution in [3.8, 4) is 0 Å². The minimum absolute atomic E-state index is 0. The summed E-state index contributed by atoms with van der Waals surface area (Å²) in [4.78, 5) is 28.4. The third kappa shape index (κ3) is 5.90. The van der Waals surface area contributed by atoms with E-state index in [0.29, 0.717) is 19.7 Å². The summed E-state index contributed by atoms with van der Waals surface area (Å²) in [5.74, 6) is -0.201. The van der Waals surface area contributed by atoms with Crippen molar-refractivity contribution in [1.82, 2.24) is 15.1 Å². The minimum atomic E-state index is -0.164. The molecule has 6 nitrogen and oxygen atoms in total. The standard InChI is InChI=1S/C17H31N3O3.ClH/c1-4-23-16(22)14-6-5-9-20(10-14)15(21)11-19(3)13-17(2)7-8-18-12-17;/h14,18H,4-13H2,1-3H3;1H. The lowest BCUT2D eigenvalue weighted by Crippen LogP contribution is -2.47. The number of ether oxygens (including phenoxy) is 1. The molecule has 2 fully saturated rings. The highest BCUT2D eigenvalue weighted by Crippen LogP contribution is 2.25. The summed E-state index contributed by atoms with van der Waals surface area (Å²) in [6, 6.07) is 0. The number of carbonyl (C=O) groups is 2. The van der Waals surface area contributed by atoms with Gasteiger partial charge in [0.05, 0.1) is 19.1 Å². The first-order valence-corrected chi connectivity index (χ1v) is 8.77. The lowest BCUT2D eigenvalue weighted by Gasteiger charge is -2.34. The average molecular weight is 362 g/mol. The van der Waals surface area contributed by atoms with E-state index in [1.54, 1.807) is 0 Å². The van der Waals surface area contributed by atoms with Crippen molar-refractivity contribution >= 4 is 24.3 Å². The number of hydrogen-bond acceptors (Lipinski definition) is 5. The van der Waals surface area contributed by atoms with Crippen LogP contribution in [0.1, 0.15) is 33.1 Å². The van der Waals surface area contributed by atoms with Gasteiger partial charge in [0.15, 0.2) is 0 Å². The van der Waals surface area contributed by atoms with E-state index in [0.717, 1.165) is 45.4 Å². The minimum Gasteiger partial charge on any atom is -0.466 e. The second-order valence-electron chi connectivity index (χ2n) is 7.34. The molecule has 1 N–H and O–H groups in total. The van der Waals surface area contributed by atoms with Crippen molar-refractivity contribution in [3.63, 3.8) is 0 Å². The van der Waals surface area contributed by atoms with Gasteiger partial charge in [-0.25, -0.2) is 0 Å². The number of carbonyl (C=O) groups excluding carboxylic acids is 2. The van der Waals surface area contributed by atoms with Crippen LogP contribution < -0.4 is 5.32 Å². The van der Waals surface area contributed by atoms with Gasteiger partial charge >= 0.3 is 5.97 Å². The Bertz CT molecular complexity index is 427. The Kier molecular flexibility index (Phi) is 8.46. The van der Waals surface area contributed by atoms with Gasteiger partial charge < -0.3 is 15.0 Å². The molecule has 0 bridgehead atoms. The molecule has 7 heteroatoms. The Labute approximate surface area is 151 Å². The van der Waals surface area contributed by atoms with Crippen LogP contribution in [0.25, 0.3) is 0 Å². The quantitative estimate of drug-likeness (QED) is 0.719. The fourth-order valence-electron chi connectivity index (χ4n) is 3.70. The van der Waals surface area contributed by atoms with Gasteiger partial charge in [-0.3, -0.25) is 14.5 Å². The van der Waals surface area contributed by atoms with E-state index in [-0.39, 0.29) is 35.6 Å². The normalized spacial score (nSPS) is 27.0. The molecule has 0 aliphatic carbocycles. The molecule has 2 unspecified atom stereocenters. The molecule has 0 aromatic carbocycles. The van der Waals surface area contributed by atoms with Crippen LogP contribution in [0.2, 0.25) is 0 Å². The molecule has 2 aliphatic rings. The fourth-order valence-corrected chi connectivity index (χ4v) is 3.70. The van der Waals surface area contributed by atoms with Gasteiger partial charge in [0.2, 0.25) is 5.91 Å². The summed E-state index contributed by atoms with van der Waals surface area (Å²) in [6.45, 7) is 9.16. The molecule has 2 rings (SSSR count). The first-order valence-electron chi connectivity index (χ1n) is 8.77. The molecule has 0 aromatic heterocycles. The summed E-state index contributed by atoms with van der Waals surface area (Å²) in [5.41, 5.74) is 0.254. The average Bonchev–Trinajstić information content (AvgIpc) is 2.93. The van der Waals surface area contributed by atoms with Crippen LogP contribution in [0.15, 0.2) is 0 Å². The highest BCUT2D eigenvalue weighted by Gasteiger charge is 2.32. The lowest BCUT2D eigenvalue weighted by molar-refractivity contribution is -0.151. The van der Waals surface area contributed by atoms with Crippen LogP contribution in [0.4, 0.5) is 0 Å². The first kappa shape index (κ1) is 21.2. The topological polar surface area (TPSA) is 61.9 Å². The van der Waals surface area contributed by atoms with Gasteiger partial charge in [0.25, 0.3) is 0 Å². The van der Waals surface area contributed by atoms with Gasteiger partial charge in [-0.1, -0.05) is 6.92 Å². The van der Waals surface area contributed by atoms with Crippen molar-refractivity contribution in [2.75, 3.05) is 52.9 Å². The summed E-state index contributed by atoms with van der Waals surface area (Å²) < 4.78 is 5.10. The molecule has 0 saturated carbocycles. The number of piperidine rings is 1. The molecule has 0 radical (unpaired) electrons. The van der Waals surface area contributed by atoms with Crippen molar-refractivity contribution in [1.29, 1.82) is 0 Å².